The summed E-state index contributed by atoms with van der Waals surface area (Å²) in [5, 5.41) is 11.0. The summed E-state index contributed by atoms with van der Waals surface area (Å²) in [4.78, 5) is 18.6. The van der Waals surface area contributed by atoms with E-state index in [1.807, 2.05) is 30.3 Å². The van der Waals surface area contributed by atoms with Crippen LogP contribution < -0.4 is 0 Å². The Kier molecular flexibility index (Phi) is 4.44. The van der Waals surface area contributed by atoms with Gasteiger partial charge in [-0.1, -0.05) is 18.2 Å². The normalized spacial score (nSPS) is 26.5. The summed E-state index contributed by atoms with van der Waals surface area (Å²) in [6, 6.07) is 9.89. The van der Waals surface area contributed by atoms with E-state index in [1.165, 1.54) is 4.31 Å². The Bertz CT molecular complexity index is 988. The molecule has 2 aromatic rings. The first-order chi connectivity index (χ1) is 12.9. The van der Waals surface area contributed by atoms with Crippen molar-refractivity contribution in [2.75, 3.05) is 31.9 Å². The molecule has 4 rings (SSSR count). The molecule has 3 heterocycles. The van der Waals surface area contributed by atoms with Crippen molar-refractivity contribution in [3.63, 3.8) is 0 Å². The minimum Gasteiger partial charge on any atom is -0.481 e. The van der Waals surface area contributed by atoms with Gasteiger partial charge in [0.05, 0.1) is 16.7 Å². The molecular formula is C19H23N3O4S. The van der Waals surface area contributed by atoms with Gasteiger partial charge >= 0.3 is 5.97 Å². The van der Waals surface area contributed by atoms with Crippen LogP contribution >= 0.6 is 0 Å². The zero-order valence-corrected chi connectivity index (χ0v) is 16.0. The number of hydrogen-bond donors (Lipinski definition) is 1. The lowest BCUT2D eigenvalue weighted by Gasteiger charge is -2.25. The van der Waals surface area contributed by atoms with Crippen molar-refractivity contribution in [1.82, 2.24) is 14.2 Å². The van der Waals surface area contributed by atoms with Gasteiger partial charge in [-0.25, -0.2) is 12.7 Å². The first kappa shape index (κ1) is 18.3. The number of pyridine rings is 1. The van der Waals surface area contributed by atoms with Crippen LogP contribution in [0.5, 0.6) is 0 Å². The van der Waals surface area contributed by atoms with Crippen LogP contribution in [-0.4, -0.2) is 65.6 Å². The highest BCUT2D eigenvalue weighted by molar-refractivity contribution is 7.89. The zero-order chi connectivity index (χ0) is 19.2. The fourth-order valence-electron chi connectivity index (χ4n) is 4.49. The SMILES string of the molecule is CCS(=O)(=O)N1C[C@H]2CN(Cc3cccc4ncccc34)C[C@@]2(C(=O)O)C1. The molecule has 1 N–H and O–H groups in total. The third kappa shape index (κ3) is 3.01. The van der Waals surface area contributed by atoms with E-state index in [-0.39, 0.29) is 24.8 Å². The lowest BCUT2D eigenvalue weighted by molar-refractivity contribution is -0.148. The number of carboxylic acid groups (broad SMARTS) is 1. The molecule has 27 heavy (non-hydrogen) atoms. The van der Waals surface area contributed by atoms with Gasteiger partial charge in [-0.2, -0.15) is 0 Å². The van der Waals surface area contributed by atoms with Crippen LogP contribution in [0.4, 0.5) is 0 Å². The monoisotopic (exact) mass is 389 g/mol. The molecule has 2 saturated heterocycles. The van der Waals surface area contributed by atoms with Gasteiger partial charge in [0.15, 0.2) is 0 Å². The van der Waals surface area contributed by atoms with Crippen LogP contribution in [0.2, 0.25) is 0 Å². The maximum atomic E-state index is 12.2. The quantitative estimate of drug-likeness (QED) is 0.831. The molecule has 1 aromatic heterocycles. The molecule has 2 aliphatic heterocycles. The molecule has 0 unspecified atom stereocenters. The minimum atomic E-state index is -3.37. The molecular weight excluding hydrogens is 366 g/mol. The van der Waals surface area contributed by atoms with E-state index in [2.05, 4.69) is 9.88 Å². The first-order valence-electron chi connectivity index (χ1n) is 9.12. The van der Waals surface area contributed by atoms with Gasteiger partial charge in [0.2, 0.25) is 10.0 Å². The molecule has 0 spiro atoms. The van der Waals surface area contributed by atoms with Gasteiger partial charge in [-0.05, 0) is 24.6 Å². The number of carboxylic acids is 1. The Morgan fingerprint density at radius 2 is 2.07 bits per heavy atom. The summed E-state index contributed by atoms with van der Waals surface area (Å²) < 4.78 is 25.8. The van der Waals surface area contributed by atoms with Crippen LogP contribution in [0, 0.1) is 11.3 Å². The van der Waals surface area contributed by atoms with Crippen LogP contribution in [0.1, 0.15) is 12.5 Å². The molecule has 0 bridgehead atoms. The molecule has 0 aliphatic carbocycles. The van der Waals surface area contributed by atoms with Crippen molar-refractivity contribution < 1.29 is 18.3 Å². The minimum absolute atomic E-state index is 0.00212. The Morgan fingerprint density at radius 3 is 2.78 bits per heavy atom. The lowest BCUT2D eigenvalue weighted by atomic mass is 9.81. The molecule has 1 aromatic carbocycles. The summed E-state index contributed by atoms with van der Waals surface area (Å²) in [6.45, 7) is 3.53. The van der Waals surface area contributed by atoms with E-state index in [1.54, 1.807) is 13.1 Å². The average molecular weight is 389 g/mol. The van der Waals surface area contributed by atoms with Gasteiger partial charge in [0, 0.05) is 50.2 Å². The predicted molar refractivity (Wildman–Crippen MR) is 102 cm³/mol. The fraction of sp³-hybridized carbons (Fsp3) is 0.474. The second-order valence-corrected chi connectivity index (χ2v) is 9.77. The molecule has 8 heteroatoms. The summed E-state index contributed by atoms with van der Waals surface area (Å²) in [5.74, 6) is -1.09. The van der Waals surface area contributed by atoms with E-state index >= 15 is 0 Å². The molecule has 2 atom stereocenters. The number of rotatable bonds is 5. The third-order valence-corrected chi connectivity index (χ3v) is 7.76. The van der Waals surface area contributed by atoms with Gasteiger partial charge < -0.3 is 5.11 Å². The Hall–Kier alpha value is -2.03. The number of carbonyl (C=O) groups is 1. The maximum absolute atomic E-state index is 12.2. The van der Waals surface area contributed by atoms with Crippen molar-refractivity contribution >= 4 is 26.9 Å². The van der Waals surface area contributed by atoms with Crippen LogP contribution in [0.15, 0.2) is 36.5 Å². The number of likely N-dealkylation sites (tertiary alicyclic amines) is 1. The van der Waals surface area contributed by atoms with Crippen molar-refractivity contribution in [3.8, 4) is 0 Å². The summed E-state index contributed by atoms with van der Waals surface area (Å²) in [5.41, 5.74) is 1.01. The number of nitrogens with zero attached hydrogens (tertiary/aromatic N) is 3. The van der Waals surface area contributed by atoms with Crippen molar-refractivity contribution in [1.29, 1.82) is 0 Å². The van der Waals surface area contributed by atoms with E-state index in [9.17, 15) is 18.3 Å². The first-order valence-corrected chi connectivity index (χ1v) is 10.7. The maximum Gasteiger partial charge on any atom is 0.312 e. The van der Waals surface area contributed by atoms with E-state index in [4.69, 9.17) is 0 Å². The van der Waals surface area contributed by atoms with Crippen molar-refractivity contribution in [3.05, 3.63) is 42.1 Å². The number of fused-ring (bicyclic) bond motifs is 2. The van der Waals surface area contributed by atoms with Crippen LogP contribution in [0.25, 0.3) is 10.9 Å². The molecule has 2 fully saturated rings. The van der Waals surface area contributed by atoms with Crippen LogP contribution in [-0.2, 0) is 21.4 Å². The Morgan fingerprint density at radius 1 is 1.26 bits per heavy atom. The predicted octanol–water partition coefficient (Wildman–Crippen LogP) is 1.40. The number of sulfonamides is 1. The molecule has 144 valence electrons. The topological polar surface area (TPSA) is 90.8 Å². The van der Waals surface area contributed by atoms with E-state index < -0.39 is 21.4 Å². The lowest BCUT2D eigenvalue weighted by Crippen LogP contribution is -2.42. The average Bonchev–Trinajstić information content (AvgIpc) is 3.18. The van der Waals surface area contributed by atoms with Crippen molar-refractivity contribution in [2.45, 2.75) is 13.5 Å². The second kappa shape index (κ2) is 6.54. The van der Waals surface area contributed by atoms with Gasteiger partial charge in [-0.3, -0.25) is 14.7 Å². The summed E-state index contributed by atoms with van der Waals surface area (Å²) in [7, 11) is -3.37. The van der Waals surface area contributed by atoms with Gasteiger partial charge in [0.1, 0.15) is 0 Å². The third-order valence-electron chi connectivity index (χ3n) is 5.96. The number of benzene rings is 1. The van der Waals surface area contributed by atoms with Crippen molar-refractivity contribution in [2.24, 2.45) is 11.3 Å². The highest BCUT2D eigenvalue weighted by atomic mass is 32.2. The largest absolute Gasteiger partial charge is 0.481 e. The fourth-order valence-corrected chi connectivity index (χ4v) is 5.69. The second-order valence-electron chi connectivity index (χ2n) is 7.51. The molecule has 7 nitrogen and oxygen atoms in total. The number of aromatic nitrogens is 1. The molecule has 0 radical (unpaired) electrons. The standard InChI is InChI=1S/C19H23N3O4S/c1-2-27(25,26)22-11-15-10-21(12-19(15,13-22)18(23)24)9-14-5-3-7-17-16(14)6-4-8-20-17/h3-8,15H,2,9-13H2,1H3,(H,23,24)/t15-,19-/m1/s1. The Balaban J connectivity index is 1.58. The zero-order valence-electron chi connectivity index (χ0n) is 15.2. The van der Waals surface area contributed by atoms with E-state index in [0.29, 0.717) is 19.6 Å². The smallest absolute Gasteiger partial charge is 0.312 e. The van der Waals surface area contributed by atoms with E-state index in [0.717, 1.165) is 16.5 Å². The Labute approximate surface area is 158 Å². The highest BCUT2D eigenvalue weighted by Crippen LogP contribution is 2.44. The molecule has 0 saturated carbocycles. The summed E-state index contributed by atoms with van der Waals surface area (Å²) in [6.07, 6.45) is 1.76. The summed E-state index contributed by atoms with van der Waals surface area (Å²) >= 11 is 0. The number of aliphatic carboxylic acids is 1. The van der Waals surface area contributed by atoms with Crippen LogP contribution in [0.3, 0.4) is 0 Å². The number of hydrogen-bond acceptors (Lipinski definition) is 5. The highest BCUT2D eigenvalue weighted by Gasteiger charge is 2.59. The van der Waals surface area contributed by atoms with Gasteiger partial charge in [-0.15, -0.1) is 0 Å². The van der Waals surface area contributed by atoms with Gasteiger partial charge in [0.25, 0.3) is 0 Å². The molecule has 0 amide bonds. The molecule has 2 aliphatic rings.